The molecule has 0 spiro atoms. The molecule has 7 rings (SSSR count). The Morgan fingerprint density at radius 3 is 2.12 bits per heavy atom. The van der Waals surface area contributed by atoms with E-state index in [1.165, 1.54) is 11.1 Å². The van der Waals surface area contributed by atoms with E-state index >= 15 is 0 Å². The smallest absolute Gasteiger partial charge is 0.149 e. The average Bonchev–Trinajstić information content (AvgIpc) is 3.64. The lowest BCUT2D eigenvalue weighted by Gasteiger charge is -2.28. The minimum Gasteiger partial charge on any atom is -0.455 e. The van der Waals surface area contributed by atoms with Gasteiger partial charge in [0.05, 0.1) is 22.3 Å². The van der Waals surface area contributed by atoms with Crippen LogP contribution in [0.1, 0.15) is 91.4 Å². The standard InChI is InChI=1S/C45H48N2O/c1-28-32(30-20-18-29(19-21-30)27-43(2,3)4)23-24-34-33-14-13-15-35(41(33)48-40(28)34)42-46-37-16-11-12-17-39(37)47(42)38-25-22-31(44(5,6)7)26-36(38)45(8,9)10/h11-26H,27H2,1-10H3/i1D3,27D2. The third-order valence-corrected chi connectivity index (χ3v) is 9.10. The van der Waals surface area contributed by atoms with Crippen LogP contribution in [-0.2, 0) is 17.2 Å². The Morgan fingerprint density at radius 2 is 1.44 bits per heavy atom. The summed E-state index contributed by atoms with van der Waals surface area (Å²) >= 11 is 0. The first-order valence-corrected chi connectivity index (χ1v) is 16.8. The highest BCUT2D eigenvalue weighted by atomic mass is 16.3. The van der Waals surface area contributed by atoms with Crippen molar-refractivity contribution in [3.05, 3.63) is 119 Å². The third-order valence-electron chi connectivity index (χ3n) is 9.10. The van der Waals surface area contributed by atoms with Crippen LogP contribution in [-0.4, -0.2) is 9.55 Å². The van der Waals surface area contributed by atoms with E-state index in [1.54, 1.807) is 12.1 Å². The first-order valence-electron chi connectivity index (χ1n) is 19.3. The summed E-state index contributed by atoms with van der Waals surface area (Å²) in [5.74, 6) is 0.712. The number of aryl methyl sites for hydroxylation is 1. The number of para-hydroxylation sites is 3. The molecule has 244 valence electrons. The Balaban J connectivity index is 1.48. The van der Waals surface area contributed by atoms with Crippen LogP contribution >= 0.6 is 0 Å². The molecule has 0 N–H and O–H groups in total. The van der Waals surface area contributed by atoms with Crippen molar-refractivity contribution in [3.8, 4) is 28.2 Å². The minimum atomic E-state index is -2.49. The van der Waals surface area contributed by atoms with Gasteiger partial charge in [-0.1, -0.05) is 129 Å². The number of fused-ring (bicyclic) bond motifs is 4. The van der Waals surface area contributed by atoms with Gasteiger partial charge in [0, 0.05) is 23.2 Å². The van der Waals surface area contributed by atoms with Crippen LogP contribution < -0.4 is 0 Å². The second kappa shape index (κ2) is 11.2. The van der Waals surface area contributed by atoms with Gasteiger partial charge in [-0.05, 0) is 87.6 Å². The molecule has 5 aromatic carbocycles. The second-order valence-corrected chi connectivity index (χ2v) is 16.1. The van der Waals surface area contributed by atoms with Crippen molar-refractivity contribution in [1.82, 2.24) is 9.55 Å². The molecule has 0 radical (unpaired) electrons. The molecule has 3 nitrogen and oxygen atoms in total. The van der Waals surface area contributed by atoms with E-state index in [4.69, 9.17) is 16.3 Å². The van der Waals surface area contributed by atoms with E-state index in [0.717, 1.165) is 27.7 Å². The molecule has 7 aromatic rings. The van der Waals surface area contributed by atoms with Crippen molar-refractivity contribution in [2.24, 2.45) is 5.41 Å². The molecule has 0 unspecified atom stereocenters. The van der Waals surface area contributed by atoms with Crippen molar-refractivity contribution >= 4 is 33.0 Å². The molecule has 0 atom stereocenters. The predicted octanol–water partition coefficient (Wildman–Crippen LogP) is 12.8. The van der Waals surface area contributed by atoms with Gasteiger partial charge >= 0.3 is 0 Å². The van der Waals surface area contributed by atoms with Crippen molar-refractivity contribution in [2.45, 2.75) is 86.4 Å². The molecule has 0 aliphatic rings. The Kier molecular flexibility index (Phi) is 6.16. The summed E-state index contributed by atoms with van der Waals surface area (Å²) in [5, 5.41) is 1.52. The Hall–Kier alpha value is -4.63. The summed E-state index contributed by atoms with van der Waals surface area (Å²) in [5.41, 5.74) is 8.01. The molecular formula is C45H48N2O. The highest BCUT2D eigenvalue weighted by Gasteiger charge is 2.27. The van der Waals surface area contributed by atoms with E-state index < -0.39 is 18.6 Å². The van der Waals surface area contributed by atoms with Crippen LogP contribution in [0.25, 0.3) is 61.2 Å². The van der Waals surface area contributed by atoms with E-state index in [9.17, 15) is 0 Å². The SMILES string of the molecule is [2H]C([2H])([2H])c1c(-c2ccc(C([2H])([2H])C(C)(C)C)cc2)ccc2c1oc1c(-c3nc4ccccc4n3-c3ccc(C(C)(C)C)cc3C(C)(C)C)cccc12. The molecule has 0 aliphatic carbocycles. The van der Waals surface area contributed by atoms with Gasteiger partial charge in [0.15, 0.2) is 0 Å². The van der Waals surface area contributed by atoms with Gasteiger partial charge in [-0.25, -0.2) is 4.98 Å². The van der Waals surface area contributed by atoms with E-state index in [2.05, 4.69) is 70.4 Å². The van der Waals surface area contributed by atoms with E-state index in [1.807, 2.05) is 81.4 Å². The summed E-state index contributed by atoms with van der Waals surface area (Å²) in [4.78, 5) is 5.22. The number of benzene rings is 5. The second-order valence-electron chi connectivity index (χ2n) is 16.1. The molecule has 3 heteroatoms. The average molecular weight is 638 g/mol. The zero-order chi connectivity index (χ0) is 38.5. The largest absolute Gasteiger partial charge is 0.455 e. The number of rotatable bonds is 4. The Labute approximate surface area is 292 Å². The number of hydrogen-bond acceptors (Lipinski definition) is 2. The number of hydrogen-bond donors (Lipinski definition) is 0. The van der Waals surface area contributed by atoms with Gasteiger partial charge in [-0.2, -0.15) is 0 Å². The monoisotopic (exact) mass is 637 g/mol. The van der Waals surface area contributed by atoms with E-state index in [0.29, 0.717) is 39.1 Å². The van der Waals surface area contributed by atoms with Crippen LogP contribution in [0.15, 0.2) is 101 Å². The van der Waals surface area contributed by atoms with Gasteiger partial charge in [0.2, 0.25) is 0 Å². The molecule has 0 fully saturated rings. The van der Waals surface area contributed by atoms with Crippen LogP contribution in [0, 0.1) is 12.3 Å². The van der Waals surface area contributed by atoms with Gasteiger partial charge in [0.1, 0.15) is 17.0 Å². The number of furan rings is 1. The lowest BCUT2D eigenvalue weighted by atomic mass is 9.80. The van der Waals surface area contributed by atoms with Gasteiger partial charge in [-0.15, -0.1) is 0 Å². The fourth-order valence-electron chi connectivity index (χ4n) is 6.69. The zero-order valence-electron chi connectivity index (χ0n) is 34.5. The highest BCUT2D eigenvalue weighted by Crippen LogP contribution is 2.42. The first kappa shape index (κ1) is 26.3. The zero-order valence-corrected chi connectivity index (χ0v) is 29.5. The molecule has 2 aromatic heterocycles. The lowest BCUT2D eigenvalue weighted by Crippen LogP contribution is -2.19. The normalized spacial score (nSPS) is 15.0. The topological polar surface area (TPSA) is 31.0 Å². The Morgan fingerprint density at radius 1 is 0.708 bits per heavy atom. The van der Waals surface area contributed by atoms with Gasteiger partial charge in [-0.3, -0.25) is 4.57 Å². The van der Waals surface area contributed by atoms with Gasteiger partial charge < -0.3 is 4.42 Å². The van der Waals surface area contributed by atoms with Crippen LogP contribution in [0.4, 0.5) is 0 Å². The number of imidazole rings is 1. The summed E-state index contributed by atoms with van der Waals surface area (Å²) in [6.45, 7) is 16.5. The first-order chi connectivity index (χ1) is 24.6. The molecule has 0 bridgehead atoms. The maximum absolute atomic E-state index is 8.73. The fraction of sp³-hybridized carbons (Fsp3) is 0.311. The summed E-state index contributed by atoms with van der Waals surface area (Å²) in [6.07, 6.45) is -1.57. The van der Waals surface area contributed by atoms with E-state index in [-0.39, 0.29) is 16.4 Å². The molecule has 2 heterocycles. The molecule has 0 aliphatic heterocycles. The molecule has 0 amide bonds. The van der Waals surface area contributed by atoms with Crippen molar-refractivity contribution < 1.29 is 11.3 Å². The van der Waals surface area contributed by atoms with Crippen molar-refractivity contribution in [3.63, 3.8) is 0 Å². The van der Waals surface area contributed by atoms with Crippen LogP contribution in [0.3, 0.4) is 0 Å². The van der Waals surface area contributed by atoms with Crippen LogP contribution in [0.2, 0.25) is 0 Å². The maximum Gasteiger partial charge on any atom is 0.149 e. The fourth-order valence-corrected chi connectivity index (χ4v) is 6.69. The predicted molar refractivity (Wildman–Crippen MR) is 205 cm³/mol. The highest BCUT2D eigenvalue weighted by molar-refractivity contribution is 6.11. The van der Waals surface area contributed by atoms with Gasteiger partial charge in [0.25, 0.3) is 0 Å². The van der Waals surface area contributed by atoms with Crippen LogP contribution in [0.5, 0.6) is 0 Å². The maximum atomic E-state index is 8.73. The number of nitrogens with zero attached hydrogens (tertiary/aromatic N) is 2. The Bertz CT molecular complexity index is 2510. The summed E-state index contributed by atoms with van der Waals surface area (Å²) < 4.78 is 52.6. The van der Waals surface area contributed by atoms with Crippen molar-refractivity contribution in [1.29, 1.82) is 0 Å². The molecule has 0 saturated heterocycles. The minimum absolute atomic E-state index is 0.0279. The van der Waals surface area contributed by atoms with Crippen molar-refractivity contribution in [2.75, 3.05) is 0 Å². The summed E-state index contributed by atoms with van der Waals surface area (Å²) in [6, 6.07) is 31.7. The molecule has 48 heavy (non-hydrogen) atoms. The molecule has 0 saturated carbocycles. The lowest BCUT2D eigenvalue weighted by molar-refractivity contribution is 0.411. The molecular weight excluding hydrogens is 585 g/mol. The number of aromatic nitrogens is 2. The summed E-state index contributed by atoms with van der Waals surface area (Å²) in [7, 11) is 0. The third kappa shape index (κ3) is 5.64. The quantitative estimate of drug-likeness (QED) is 0.192.